The molecule has 2 aromatic rings. The first kappa shape index (κ1) is 22.5. The fourth-order valence-corrected chi connectivity index (χ4v) is 4.25. The van der Waals surface area contributed by atoms with Crippen LogP contribution < -0.4 is 4.74 Å². The number of thioether (sulfide) groups is 1. The molecular formula is C20H21N3O7S. The number of hydrogen-bond donors (Lipinski definition) is 0. The molecule has 4 atom stereocenters. The molecule has 164 valence electrons. The third-order valence-corrected chi connectivity index (χ3v) is 5.38. The molecule has 0 bridgehead atoms. The van der Waals surface area contributed by atoms with Crippen LogP contribution in [-0.2, 0) is 28.6 Å². The molecule has 1 aliphatic rings. The summed E-state index contributed by atoms with van der Waals surface area (Å²) in [5.41, 5.74) is 0.752. The highest BCUT2D eigenvalue weighted by Gasteiger charge is 2.47. The SMILES string of the molecule is CC(=O)O[C@@H]1[C@@H](OC(C)=O)[C@H](OC(C)=O)CS[C@H]1Oc1cncc(-c2cncnc2)c1. The van der Waals surface area contributed by atoms with E-state index < -0.39 is 41.7 Å². The predicted octanol–water partition coefficient (Wildman–Crippen LogP) is 1.79. The van der Waals surface area contributed by atoms with Gasteiger partial charge in [0.25, 0.3) is 0 Å². The number of carbonyl (C=O) groups excluding carboxylic acids is 3. The van der Waals surface area contributed by atoms with E-state index in [1.165, 1.54) is 45.1 Å². The number of rotatable bonds is 6. The number of hydrogen-bond acceptors (Lipinski definition) is 11. The van der Waals surface area contributed by atoms with Crippen molar-refractivity contribution in [2.24, 2.45) is 0 Å². The Kier molecular flexibility index (Phi) is 7.40. The number of carbonyl (C=O) groups is 3. The molecule has 0 unspecified atom stereocenters. The first-order valence-corrected chi connectivity index (χ1v) is 10.4. The molecule has 0 amide bonds. The summed E-state index contributed by atoms with van der Waals surface area (Å²) >= 11 is 1.27. The summed E-state index contributed by atoms with van der Waals surface area (Å²) < 4.78 is 22.1. The maximum Gasteiger partial charge on any atom is 0.303 e. The molecule has 0 saturated carbocycles. The first-order valence-electron chi connectivity index (χ1n) is 9.34. The normalized spacial score (nSPS) is 22.8. The lowest BCUT2D eigenvalue weighted by Gasteiger charge is -2.39. The Morgan fingerprint density at radius 3 is 2.10 bits per heavy atom. The molecule has 1 fully saturated rings. The largest absolute Gasteiger partial charge is 0.474 e. The average molecular weight is 447 g/mol. The van der Waals surface area contributed by atoms with Crippen LogP contribution in [0.5, 0.6) is 5.75 Å². The van der Waals surface area contributed by atoms with Crippen LogP contribution in [0.25, 0.3) is 11.1 Å². The van der Waals surface area contributed by atoms with Crippen molar-refractivity contribution in [1.29, 1.82) is 0 Å². The Labute approximate surface area is 182 Å². The maximum atomic E-state index is 11.7. The van der Waals surface area contributed by atoms with Crippen LogP contribution in [0.2, 0.25) is 0 Å². The smallest absolute Gasteiger partial charge is 0.303 e. The number of aromatic nitrogens is 3. The molecule has 0 aliphatic carbocycles. The lowest BCUT2D eigenvalue weighted by molar-refractivity contribution is -0.186. The third-order valence-electron chi connectivity index (χ3n) is 4.16. The summed E-state index contributed by atoms with van der Waals surface area (Å²) in [5.74, 6) is -1.04. The second-order valence-corrected chi connectivity index (χ2v) is 7.78. The summed E-state index contributed by atoms with van der Waals surface area (Å²) in [6, 6.07) is 1.75. The van der Waals surface area contributed by atoms with Crippen molar-refractivity contribution in [3.8, 4) is 16.9 Å². The van der Waals surface area contributed by atoms with Crippen molar-refractivity contribution in [3.63, 3.8) is 0 Å². The van der Waals surface area contributed by atoms with Crippen molar-refractivity contribution in [3.05, 3.63) is 37.2 Å². The molecular weight excluding hydrogens is 426 g/mol. The van der Waals surface area contributed by atoms with Crippen molar-refractivity contribution >= 4 is 29.7 Å². The van der Waals surface area contributed by atoms with E-state index >= 15 is 0 Å². The van der Waals surface area contributed by atoms with Crippen LogP contribution >= 0.6 is 11.8 Å². The highest BCUT2D eigenvalue weighted by atomic mass is 32.2. The van der Waals surface area contributed by atoms with Gasteiger partial charge in [-0.2, -0.15) is 0 Å². The van der Waals surface area contributed by atoms with Gasteiger partial charge in [0.1, 0.15) is 12.1 Å². The van der Waals surface area contributed by atoms with Gasteiger partial charge in [0.2, 0.25) is 0 Å². The topological polar surface area (TPSA) is 127 Å². The minimum atomic E-state index is -1.02. The van der Waals surface area contributed by atoms with Gasteiger partial charge in [0.15, 0.2) is 23.7 Å². The Morgan fingerprint density at radius 2 is 1.45 bits per heavy atom. The minimum absolute atomic E-state index is 0.277. The van der Waals surface area contributed by atoms with Crippen LogP contribution in [0, 0.1) is 0 Å². The number of esters is 3. The second kappa shape index (κ2) is 10.2. The molecule has 0 aromatic carbocycles. The van der Waals surface area contributed by atoms with Crippen molar-refractivity contribution in [1.82, 2.24) is 15.0 Å². The highest BCUT2D eigenvalue weighted by Crippen LogP contribution is 2.34. The van der Waals surface area contributed by atoms with Gasteiger partial charge in [-0.3, -0.25) is 19.4 Å². The first-order chi connectivity index (χ1) is 14.8. The van der Waals surface area contributed by atoms with E-state index in [0.717, 1.165) is 11.1 Å². The Balaban J connectivity index is 1.86. The maximum absolute atomic E-state index is 11.7. The quantitative estimate of drug-likeness (QED) is 0.475. The highest BCUT2D eigenvalue weighted by molar-refractivity contribution is 7.99. The molecule has 0 radical (unpaired) electrons. The average Bonchev–Trinajstić information content (AvgIpc) is 2.72. The Bertz CT molecular complexity index is 943. The van der Waals surface area contributed by atoms with Gasteiger partial charge in [-0.25, -0.2) is 9.97 Å². The second-order valence-electron chi connectivity index (χ2n) is 6.65. The number of ether oxygens (including phenoxy) is 4. The van der Waals surface area contributed by atoms with E-state index in [1.54, 1.807) is 24.7 Å². The predicted molar refractivity (Wildman–Crippen MR) is 109 cm³/mol. The lowest BCUT2D eigenvalue weighted by Crippen LogP contribution is -2.55. The minimum Gasteiger partial charge on any atom is -0.474 e. The van der Waals surface area contributed by atoms with Crippen molar-refractivity contribution in [2.45, 2.75) is 44.5 Å². The summed E-state index contributed by atoms with van der Waals surface area (Å²) in [7, 11) is 0. The molecule has 0 N–H and O–H groups in total. The standard InChI is InChI=1S/C20H21N3O7S/c1-11(24)27-17-9-31-20(19(29-13(3)26)18(17)28-12(2)25)30-16-4-14(5-21-8-16)15-6-22-10-23-7-15/h4-8,10,17-20H,9H2,1-3H3/t17-,18+,19-,20-/m1/s1. The fraction of sp³-hybridized carbons (Fsp3) is 0.400. The van der Waals surface area contributed by atoms with Crippen molar-refractivity contribution in [2.75, 3.05) is 5.75 Å². The van der Waals surface area contributed by atoms with E-state index in [4.69, 9.17) is 18.9 Å². The van der Waals surface area contributed by atoms with Gasteiger partial charge < -0.3 is 18.9 Å². The summed E-state index contributed by atoms with van der Waals surface area (Å²) in [5, 5.41) is 0. The van der Waals surface area contributed by atoms with E-state index in [0.29, 0.717) is 5.75 Å². The van der Waals surface area contributed by atoms with E-state index in [1.807, 2.05) is 0 Å². The van der Waals surface area contributed by atoms with E-state index in [9.17, 15) is 14.4 Å². The van der Waals surface area contributed by atoms with Crippen LogP contribution in [0.15, 0.2) is 37.2 Å². The third kappa shape index (κ3) is 6.14. The molecule has 31 heavy (non-hydrogen) atoms. The lowest BCUT2D eigenvalue weighted by atomic mass is 10.1. The van der Waals surface area contributed by atoms with Gasteiger partial charge >= 0.3 is 17.9 Å². The summed E-state index contributed by atoms with van der Waals surface area (Å²) in [4.78, 5) is 47.1. The molecule has 10 nitrogen and oxygen atoms in total. The number of nitrogens with zero attached hydrogens (tertiary/aromatic N) is 3. The number of pyridine rings is 1. The van der Waals surface area contributed by atoms with Gasteiger partial charge in [-0.05, 0) is 6.07 Å². The molecule has 1 saturated heterocycles. The monoisotopic (exact) mass is 447 g/mol. The summed E-state index contributed by atoms with van der Waals surface area (Å²) in [6.45, 7) is 3.71. The van der Waals surface area contributed by atoms with Gasteiger partial charge in [-0.1, -0.05) is 0 Å². The van der Waals surface area contributed by atoms with E-state index in [2.05, 4.69) is 15.0 Å². The molecule has 0 spiro atoms. The molecule has 11 heteroatoms. The van der Waals surface area contributed by atoms with Crippen LogP contribution in [0.1, 0.15) is 20.8 Å². The van der Waals surface area contributed by atoms with Gasteiger partial charge in [-0.15, -0.1) is 11.8 Å². The molecule has 2 aromatic heterocycles. The summed E-state index contributed by atoms with van der Waals surface area (Å²) in [6.07, 6.45) is 5.05. The zero-order valence-electron chi connectivity index (χ0n) is 17.1. The fourth-order valence-electron chi connectivity index (χ4n) is 3.03. The zero-order valence-corrected chi connectivity index (χ0v) is 17.9. The molecule has 1 aliphatic heterocycles. The van der Waals surface area contributed by atoms with E-state index in [-0.39, 0.29) is 5.75 Å². The molecule has 3 rings (SSSR count). The van der Waals surface area contributed by atoms with Crippen LogP contribution in [0.4, 0.5) is 0 Å². The Hall–Kier alpha value is -3.21. The van der Waals surface area contributed by atoms with Gasteiger partial charge in [0, 0.05) is 56.2 Å². The molecule has 3 heterocycles. The Morgan fingerprint density at radius 1 is 0.839 bits per heavy atom. The van der Waals surface area contributed by atoms with Gasteiger partial charge in [0.05, 0.1) is 6.20 Å². The van der Waals surface area contributed by atoms with Crippen LogP contribution in [0.3, 0.4) is 0 Å². The van der Waals surface area contributed by atoms with Crippen LogP contribution in [-0.4, -0.2) is 62.4 Å². The van der Waals surface area contributed by atoms with Crippen molar-refractivity contribution < 1.29 is 33.3 Å². The zero-order chi connectivity index (χ0) is 22.4.